The number of ether oxygens (including phenoxy) is 1. The third-order valence-electron chi connectivity index (χ3n) is 2.61. The third-order valence-corrected chi connectivity index (χ3v) is 3.41. The molecule has 0 aliphatic rings. The number of hydrogen-bond acceptors (Lipinski definition) is 5. The number of methoxy groups -OCH3 is 1. The maximum Gasteiger partial charge on any atom is 0.215 e. The van der Waals surface area contributed by atoms with Crippen molar-refractivity contribution in [3.63, 3.8) is 0 Å². The molecule has 0 aliphatic heterocycles. The van der Waals surface area contributed by atoms with E-state index in [9.17, 15) is 0 Å². The smallest absolute Gasteiger partial charge is 0.215 e. The number of halogens is 1. The lowest BCUT2D eigenvalue weighted by Gasteiger charge is -2.11. The minimum atomic E-state index is 0.454. The van der Waals surface area contributed by atoms with Crippen molar-refractivity contribution in [3.05, 3.63) is 40.4 Å². The zero-order valence-electron chi connectivity index (χ0n) is 12.1. The highest BCUT2D eigenvalue weighted by atomic mass is 79.9. The lowest BCUT2D eigenvalue weighted by molar-refractivity contribution is 0.398. The highest BCUT2D eigenvalue weighted by molar-refractivity contribution is 9.10. The number of hydrogen-bond donors (Lipinski definition) is 2. The lowest BCUT2D eigenvalue weighted by Crippen LogP contribution is -2.10. The third kappa shape index (κ3) is 3.94. The van der Waals surface area contributed by atoms with Crippen LogP contribution in [0.4, 0.5) is 5.82 Å². The van der Waals surface area contributed by atoms with Crippen LogP contribution < -0.4 is 16.0 Å². The maximum absolute atomic E-state index is 8.80. The number of aromatic nitrogens is 1. The van der Waals surface area contributed by atoms with E-state index >= 15 is 0 Å². The van der Waals surface area contributed by atoms with Crippen molar-refractivity contribution in [1.29, 1.82) is 5.26 Å². The molecular formula is C15H17BrN4O. The van der Waals surface area contributed by atoms with Gasteiger partial charge in [-0.25, -0.2) is 5.84 Å². The summed E-state index contributed by atoms with van der Waals surface area (Å²) in [6.07, 6.45) is 0. The van der Waals surface area contributed by atoms with Crippen LogP contribution in [0.5, 0.6) is 5.88 Å². The molecule has 110 valence electrons. The fourth-order valence-corrected chi connectivity index (χ4v) is 2.19. The first-order chi connectivity index (χ1) is 10.2. The number of nitrogens with zero attached hydrogens (tertiary/aromatic N) is 2. The Hall–Kier alpha value is -2.10. The number of hydrazine groups is 1. The molecule has 0 aliphatic carbocycles. The number of pyridine rings is 1. The molecule has 1 aromatic carbocycles. The van der Waals surface area contributed by atoms with Crippen LogP contribution in [-0.4, -0.2) is 12.1 Å². The van der Waals surface area contributed by atoms with Crippen LogP contribution in [0.25, 0.3) is 11.1 Å². The molecule has 0 saturated heterocycles. The van der Waals surface area contributed by atoms with Crippen LogP contribution >= 0.6 is 15.9 Å². The number of anilines is 1. The molecule has 1 heterocycles. The molecule has 21 heavy (non-hydrogen) atoms. The fourth-order valence-electron chi connectivity index (χ4n) is 1.64. The number of rotatable bonds is 3. The predicted molar refractivity (Wildman–Crippen MR) is 87.8 cm³/mol. The zero-order valence-corrected chi connectivity index (χ0v) is 13.7. The van der Waals surface area contributed by atoms with Crippen LogP contribution in [0, 0.1) is 11.3 Å². The molecule has 0 spiro atoms. The van der Waals surface area contributed by atoms with E-state index in [-0.39, 0.29) is 0 Å². The van der Waals surface area contributed by atoms with E-state index in [4.69, 9.17) is 15.8 Å². The van der Waals surface area contributed by atoms with Gasteiger partial charge in [0.25, 0.3) is 0 Å². The lowest BCUT2D eigenvalue weighted by atomic mass is 10.1. The Labute approximate surface area is 132 Å². The van der Waals surface area contributed by atoms with Crippen molar-refractivity contribution >= 4 is 21.7 Å². The molecule has 0 saturated carbocycles. The maximum atomic E-state index is 8.80. The SMILES string of the molecule is CC.COc1cc(-c2ccc(C#N)cc2)c(Br)c(NN)n1. The quantitative estimate of drug-likeness (QED) is 0.652. The summed E-state index contributed by atoms with van der Waals surface area (Å²) in [5.41, 5.74) is 4.93. The van der Waals surface area contributed by atoms with Gasteiger partial charge in [0.2, 0.25) is 5.88 Å². The van der Waals surface area contributed by atoms with Gasteiger partial charge in [0, 0.05) is 11.6 Å². The molecule has 0 radical (unpaired) electrons. The summed E-state index contributed by atoms with van der Waals surface area (Å²) in [6.45, 7) is 4.00. The van der Waals surface area contributed by atoms with Crippen LogP contribution in [-0.2, 0) is 0 Å². The van der Waals surface area contributed by atoms with Crippen molar-refractivity contribution in [2.45, 2.75) is 13.8 Å². The van der Waals surface area contributed by atoms with Gasteiger partial charge in [0.1, 0.15) is 0 Å². The van der Waals surface area contributed by atoms with Crippen LogP contribution in [0.2, 0.25) is 0 Å². The first kappa shape index (κ1) is 17.0. The fraction of sp³-hybridized carbons (Fsp3) is 0.200. The summed E-state index contributed by atoms with van der Waals surface area (Å²) in [7, 11) is 1.54. The number of nitrogens with one attached hydrogen (secondary N) is 1. The van der Waals surface area contributed by atoms with E-state index in [1.807, 2.05) is 26.0 Å². The summed E-state index contributed by atoms with van der Waals surface area (Å²) in [5, 5.41) is 8.80. The first-order valence-electron chi connectivity index (χ1n) is 6.41. The molecule has 6 heteroatoms. The second kappa shape index (κ2) is 8.25. The number of nitrogens with two attached hydrogens (primary N) is 1. The van der Waals surface area contributed by atoms with Crippen LogP contribution in [0.1, 0.15) is 19.4 Å². The van der Waals surface area contributed by atoms with Crippen molar-refractivity contribution < 1.29 is 4.74 Å². The molecule has 0 unspecified atom stereocenters. The van der Waals surface area contributed by atoms with Gasteiger partial charge in [-0.2, -0.15) is 10.2 Å². The largest absolute Gasteiger partial charge is 0.481 e. The van der Waals surface area contributed by atoms with Crippen LogP contribution in [0.15, 0.2) is 34.8 Å². The molecule has 2 rings (SSSR count). The summed E-state index contributed by atoms with van der Waals surface area (Å²) in [5.74, 6) is 6.36. The Bertz CT molecular complexity index is 635. The Morgan fingerprint density at radius 1 is 1.29 bits per heavy atom. The number of benzene rings is 1. The molecule has 5 nitrogen and oxygen atoms in total. The van der Waals surface area contributed by atoms with Gasteiger partial charge in [-0.15, -0.1) is 0 Å². The molecule has 2 aromatic rings. The average Bonchev–Trinajstić information content (AvgIpc) is 2.57. The minimum Gasteiger partial charge on any atom is -0.481 e. The van der Waals surface area contributed by atoms with Gasteiger partial charge >= 0.3 is 0 Å². The zero-order chi connectivity index (χ0) is 15.8. The van der Waals surface area contributed by atoms with Gasteiger partial charge in [-0.1, -0.05) is 26.0 Å². The van der Waals surface area contributed by atoms with Crippen molar-refractivity contribution in [1.82, 2.24) is 4.98 Å². The Kier molecular flexibility index (Phi) is 6.66. The second-order valence-electron chi connectivity index (χ2n) is 3.71. The number of nitriles is 1. The van der Waals surface area contributed by atoms with E-state index < -0.39 is 0 Å². The van der Waals surface area contributed by atoms with Gasteiger partial charge < -0.3 is 10.2 Å². The number of nitrogen functional groups attached to an aromatic ring is 1. The monoisotopic (exact) mass is 348 g/mol. The molecule has 3 N–H and O–H groups in total. The molecule has 0 bridgehead atoms. The summed E-state index contributed by atoms with van der Waals surface area (Å²) in [4.78, 5) is 4.17. The Morgan fingerprint density at radius 2 is 1.90 bits per heavy atom. The second-order valence-corrected chi connectivity index (χ2v) is 4.50. The molecule has 0 fully saturated rings. The summed E-state index contributed by atoms with van der Waals surface area (Å²) in [6, 6.07) is 11.1. The topological polar surface area (TPSA) is 84.0 Å². The standard InChI is InChI=1S/C13H11BrN4O.C2H6/c1-19-11-6-10(12(14)13(17-11)18-16)9-4-2-8(7-15)3-5-9;1-2/h2-6H,16H2,1H3,(H,17,18);1-2H3. The van der Waals surface area contributed by atoms with Gasteiger partial charge in [-0.3, -0.25) is 0 Å². The van der Waals surface area contributed by atoms with Crippen molar-refractivity contribution in [2.75, 3.05) is 12.5 Å². The van der Waals surface area contributed by atoms with Gasteiger partial charge in [0.05, 0.1) is 23.2 Å². The first-order valence-corrected chi connectivity index (χ1v) is 7.20. The van der Waals surface area contributed by atoms with E-state index in [2.05, 4.69) is 32.4 Å². The van der Waals surface area contributed by atoms with Gasteiger partial charge in [0.15, 0.2) is 5.82 Å². The van der Waals surface area contributed by atoms with E-state index in [0.717, 1.165) is 15.6 Å². The van der Waals surface area contributed by atoms with E-state index in [1.165, 1.54) is 0 Å². The van der Waals surface area contributed by atoms with Crippen molar-refractivity contribution in [3.8, 4) is 23.1 Å². The van der Waals surface area contributed by atoms with E-state index in [1.54, 1.807) is 25.3 Å². The predicted octanol–water partition coefficient (Wildman–Crippen LogP) is 3.70. The van der Waals surface area contributed by atoms with Gasteiger partial charge in [-0.05, 0) is 33.6 Å². The Balaban J connectivity index is 0.00000106. The summed E-state index contributed by atoms with van der Waals surface area (Å²) >= 11 is 3.45. The molecular weight excluding hydrogens is 332 g/mol. The summed E-state index contributed by atoms with van der Waals surface area (Å²) < 4.78 is 5.88. The highest BCUT2D eigenvalue weighted by Gasteiger charge is 2.12. The molecule has 0 atom stereocenters. The van der Waals surface area contributed by atoms with Crippen LogP contribution in [0.3, 0.4) is 0 Å². The average molecular weight is 349 g/mol. The minimum absolute atomic E-state index is 0.454. The normalized spacial score (nSPS) is 9.14. The van der Waals surface area contributed by atoms with E-state index in [0.29, 0.717) is 17.3 Å². The highest BCUT2D eigenvalue weighted by Crippen LogP contribution is 2.35. The molecule has 0 amide bonds. The molecule has 1 aromatic heterocycles. The Morgan fingerprint density at radius 3 is 2.38 bits per heavy atom. The van der Waals surface area contributed by atoms with Crippen molar-refractivity contribution in [2.24, 2.45) is 5.84 Å².